The summed E-state index contributed by atoms with van der Waals surface area (Å²) in [6.45, 7) is 7.02. The summed E-state index contributed by atoms with van der Waals surface area (Å²) < 4.78 is 0. The molecule has 0 fully saturated rings. The molecule has 0 spiro atoms. The number of hydrogen-bond acceptors (Lipinski definition) is 1. The Balaban J connectivity index is 2.33. The van der Waals surface area contributed by atoms with Crippen molar-refractivity contribution in [3.8, 4) is 0 Å². The van der Waals surface area contributed by atoms with E-state index >= 15 is 0 Å². The van der Waals surface area contributed by atoms with Gasteiger partial charge in [0.2, 0.25) is 0 Å². The van der Waals surface area contributed by atoms with Crippen molar-refractivity contribution in [1.29, 1.82) is 0 Å². The minimum Gasteiger partial charge on any atom is -0.265 e. The lowest BCUT2D eigenvalue weighted by molar-refractivity contribution is 0.196. The Morgan fingerprint density at radius 1 is 1.53 bits per heavy atom. The molecule has 0 aromatic rings. The molecule has 0 aromatic carbocycles. The van der Waals surface area contributed by atoms with Crippen LogP contribution in [-0.2, 0) is 0 Å². The van der Waals surface area contributed by atoms with E-state index in [-0.39, 0.29) is 0 Å². The summed E-state index contributed by atoms with van der Waals surface area (Å²) in [5.41, 5.74) is 1.63. The number of hydrogen-bond donors (Lipinski definition) is 0. The van der Waals surface area contributed by atoms with E-state index in [2.05, 4.69) is 50.2 Å². The van der Waals surface area contributed by atoms with Gasteiger partial charge in [-0.1, -0.05) is 39.3 Å². The lowest BCUT2D eigenvalue weighted by atomic mass is 9.64. The van der Waals surface area contributed by atoms with Crippen molar-refractivity contribution in [2.75, 3.05) is 0 Å². The van der Waals surface area contributed by atoms with Crippen LogP contribution in [0.4, 0.5) is 0 Å². The molecule has 82 valence electrons. The summed E-state index contributed by atoms with van der Waals surface area (Å²) in [5.74, 6) is 1.36. The second kappa shape index (κ2) is 3.96. The quantitative estimate of drug-likeness (QED) is 0.644. The van der Waals surface area contributed by atoms with Crippen LogP contribution < -0.4 is 0 Å². The highest BCUT2D eigenvalue weighted by Gasteiger charge is 2.39. The molecule has 2 aliphatic rings. The third-order valence-corrected chi connectivity index (χ3v) is 3.85. The molecule has 3 atom stereocenters. The molecule has 2 rings (SSSR count). The van der Waals surface area contributed by atoms with Gasteiger partial charge in [0.05, 0.1) is 0 Å². The molecule has 1 aliphatic carbocycles. The third-order valence-electron chi connectivity index (χ3n) is 3.85. The number of aliphatic imine (C=N–C) groups is 1. The predicted molar refractivity (Wildman–Crippen MR) is 66.0 cm³/mol. The molecule has 1 heteroatoms. The lowest BCUT2D eigenvalue weighted by Crippen LogP contribution is -2.35. The zero-order valence-corrected chi connectivity index (χ0v) is 10.0. The van der Waals surface area contributed by atoms with E-state index in [4.69, 9.17) is 0 Å². The van der Waals surface area contributed by atoms with Gasteiger partial charge in [-0.25, -0.2) is 0 Å². The van der Waals surface area contributed by atoms with Gasteiger partial charge >= 0.3 is 0 Å². The molecule has 1 heterocycles. The molecular weight excluding hydrogens is 182 g/mol. The highest BCUT2D eigenvalue weighted by Crippen LogP contribution is 2.47. The van der Waals surface area contributed by atoms with Crippen LogP contribution in [0, 0.1) is 17.3 Å². The van der Waals surface area contributed by atoms with Crippen molar-refractivity contribution >= 4 is 6.21 Å². The summed E-state index contributed by atoms with van der Waals surface area (Å²) in [7, 11) is 0. The standard InChI is InChI=1S/C14H21N/c1-4-8-14(3)9-5-6-12-13(14)11(2)7-10-15-12/h5-6,9-11,13H,4,7-8H2,1-3H3. The zero-order chi connectivity index (χ0) is 10.9. The molecule has 0 amide bonds. The van der Waals surface area contributed by atoms with E-state index in [1.54, 1.807) is 0 Å². The maximum absolute atomic E-state index is 4.56. The van der Waals surface area contributed by atoms with E-state index in [1.165, 1.54) is 18.5 Å². The molecule has 0 saturated carbocycles. The van der Waals surface area contributed by atoms with Gasteiger partial charge in [0.15, 0.2) is 0 Å². The molecule has 15 heavy (non-hydrogen) atoms. The Labute approximate surface area is 93.0 Å². The van der Waals surface area contributed by atoms with Crippen LogP contribution in [0.2, 0.25) is 0 Å². The van der Waals surface area contributed by atoms with Crippen molar-refractivity contribution in [2.45, 2.75) is 40.0 Å². The smallest absolute Gasteiger partial charge is 0.0441 e. The van der Waals surface area contributed by atoms with E-state index in [1.807, 2.05) is 0 Å². The average molecular weight is 203 g/mol. The molecule has 0 bridgehead atoms. The molecule has 0 aromatic heterocycles. The molecule has 1 aliphatic heterocycles. The van der Waals surface area contributed by atoms with Crippen LogP contribution >= 0.6 is 0 Å². The summed E-state index contributed by atoms with van der Waals surface area (Å²) in [6.07, 6.45) is 12.5. The van der Waals surface area contributed by atoms with Gasteiger partial charge in [-0.3, -0.25) is 4.99 Å². The fourth-order valence-electron chi connectivity index (χ4n) is 3.21. The predicted octanol–water partition coefficient (Wildman–Crippen LogP) is 3.97. The Morgan fingerprint density at radius 3 is 3.07 bits per heavy atom. The minimum absolute atomic E-state index is 0.329. The zero-order valence-electron chi connectivity index (χ0n) is 10.0. The number of allylic oxidation sites excluding steroid dienone is 4. The molecule has 0 radical (unpaired) electrons. The lowest BCUT2D eigenvalue weighted by Gasteiger charge is -2.42. The van der Waals surface area contributed by atoms with Crippen LogP contribution in [0.25, 0.3) is 0 Å². The topological polar surface area (TPSA) is 12.4 Å². The van der Waals surface area contributed by atoms with E-state index in [0.29, 0.717) is 11.3 Å². The Kier molecular flexibility index (Phi) is 2.81. The first-order chi connectivity index (χ1) is 7.17. The van der Waals surface area contributed by atoms with Gasteiger partial charge in [-0.2, -0.15) is 0 Å². The van der Waals surface area contributed by atoms with Crippen molar-refractivity contribution in [3.63, 3.8) is 0 Å². The first kappa shape index (κ1) is 10.7. The van der Waals surface area contributed by atoms with Crippen LogP contribution in [0.3, 0.4) is 0 Å². The maximum atomic E-state index is 4.56. The molecule has 0 N–H and O–H groups in total. The molecule has 0 saturated heterocycles. The largest absolute Gasteiger partial charge is 0.265 e. The fourth-order valence-corrected chi connectivity index (χ4v) is 3.21. The highest BCUT2D eigenvalue weighted by atomic mass is 14.8. The van der Waals surface area contributed by atoms with Crippen LogP contribution in [0.1, 0.15) is 40.0 Å². The first-order valence-corrected chi connectivity index (χ1v) is 6.09. The monoisotopic (exact) mass is 203 g/mol. The van der Waals surface area contributed by atoms with Gasteiger partial charge in [0.25, 0.3) is 0 Å². The third kappa shape index (κ3) is 1.80. The second-order valence-corrected chi connectivity index (χ2v) is 5.21. The van der Waals surface area contributed by atoms with Gasteiger partial charge in [0.1, 0.15) is 0 Å². The van der Waals surface area contributed by atoms with Gasteiger partial charge in [-0.05, 0) is 30.3 Å². The van der Waals surface area contributed by atoms with Gasteiger partial charge in [0, 0.05) is 17.8 Å². The van der Waals surface area contributed by atoms with Crippen LogP contribution in [0.5, 0.6) is 0 Å². The minimum atomic E-state index is 0.329. The SMILES string of the molecule is CCCC1(C)C=CC=C2N=CCC(C)C21. The van der Waals surface area contributed by atoms with Crippen molar-refractivity contribution < 1.29 is 0 Å². The van der Waals surface area contributed by atoms with Gasteiger partial charge in [-0.15, -0.1) is 0 Å². The average Bonchev–Trinajstić information content (AvgIpc) is 2.18. The number of nitrogens with zero attached hydrogens (tertiary/aromatic N) is 1. The highest BCUT2D eigenvalue weighted by molar-refractivity contribution is 5.62. The van der Waals surface area contributed by atoms with E-state index in [0.717, 1.165) is 12.3 Å². The summed E-state index contributed by atoms with van der Waals surface area (Å²) in [4.78, 5) is 4.56. The van der Waals surface area contributed by atoms with Crippen LogP contribution in [0.15, 0.2) is 28.9 Å². The van der Waals surface area contributed by atoms with Crippen molar-refractivity contribution in [1.82, 2.24) is 0 Å². The van der Waals surface area contributed by atoms with Crippen LogP contribution in [-0.4, -0.2) is 6.21 Å². The Hall–Kier alpha value is -0.850. The van der Waals surface area contributed by atoms with E-state index < -0.39 is 0 Å². The maximum Gasteiger partial charge on any atom is 0.0441 e. The van der Waals surface area contributed by atoms with Crippen molar-refractivity contribution in [3.05, 3.63) is 23.9 Å². The fraction of sp³-hybridized carbons (Fsp3) is 0.643. The Morgan fingerprint density at radius 2 is 2.33 bits per heavy atom. The van der Waals surface area contributed by atoms with Gasteiger partial charge < -0.3 is 0 Å². The summed E-state index contributed by atoms with van der Waals surface area (Å²) >= 11 is 0. The Bertz CT molecular complexity index is 324. The normalized spacial score (nSPS) is 38.7. The number of fused-ring (bicyclic) bond motifs is 1. The van der Waals surface area contributed by atoms with E-state index in [9.17, 15) is 0 Å². The molecule has 1 nitrogen and oxygen atoms in total. The number of rotatable bonds is 2. The summed E-state index contributed by atoms with van der Waals surface area (Å²) in [5, 5.41) is 0. The summed E-state index contributed by atoms with van der Waals surface area (Å²) in [6, 6.07) is 0. The first-order valence-electron chi connectivity index (χ1n) is 6.09. The second-order valence-electron chi connectivity index (χ2n) is 5.21. The molecule has 3 unspecified atom stereocenters. The molecular formula is C14H21N. The van der Waals surface area contributed by atoms with Crippen molar-refractivity contribution in [2.24, 2.45) is 22.2 Å².